The highest BCUT2D eigenvalue weighted by Crippen LogP contribution is 2.33. The lowest BCUT2D eigenvalue weighted by molar-refractivity contribution is 0.146. The summed E-state index contributed by atoms with van der Waals surface area (Å²) in [5, 5.41) is 4.83. The monoisotopic (exact) mass is 412 g/mol. The fourth-order valence-electron chi connectivity index (χ4n) is 0.935. The largest absolute Gasteiger partial charge is 0.266 e. The number of pyridine rings is 1. The number of hydrogen-bond acceptors (Lipinski definition) is 3. The zero-order valence-electron chi connectivity index (χ0n) is 6.92. The van der Waals surface area contributed by atoms with Crippen LogP contribution in [0.4, 0.5) is 8.78 Å². The van der Waals surface area contributed by atoms with Gasteiger partial charge in [-0.25, -0.2) is 27.3 Å². The molecule has 0 aliphatic heterocycles. The second kappa shape index (κ2) is 4.55. The van der Waals surface area contributed by atoms with Crippen LogP contribution in [-0.2, 0) is 10.0 Å². The van der Waals surface area contributed by atoms with Gasteiger partial charge in [0.25, 0.3) is 6.43 Å². The lowest BCUT2D eigenvalue weighted by Crippen LogP contribution is -2.17. The van der Waals surface area contributed by atoms with Crippen molar-refractivity contribution in [3.63, 3.8) is 0 Å². The van der Waals surface area contributed by atoms with Crippen LogP contribution in [0.1, 0.15) is 12.0 Å². The number of nitrogens with two attached hydrogens (primary N) is 1. The van der Waals surface area contributed by atoms with Gasteiger partial charge in [-0.15, -0.1) is 0 Å². The summed E-state index contributed by atoms with van der Waals surface area (Å²) >= 11 is 4.35. The molecule has 0 saturated carbocycles. The zero-order chi connectivity index (χ0) is 11.8. The van der Waals surface area contributed by atoms with E-state index < -0.39 is 26.9 Å². The summed E-state index contributed by atoms with van der Waals surface area (Å²) < 4.78 is 47.3. The van der Waals surface area contributed by atoms with Crippen molar-refractivity contribution in [1.82, 2.24) is 4.98 Å². The molecule has 0 atom stereocenters. The molecule has 0 saturated heterocycles. The van der Waals surface area contributed by atoms with Crippen LogP contribution in [0.15, 0.2) is 15.7 Å². The average molecular weight is 413 g/mol. The Labute approximate surface area is 107 Å². The van der Waals surface area contributed by atoms with Crippen molar-refractivity contribution in [1.29, 1.82) is 0 Å². The number of hydrogen-bond donors (Lipinski definition) is 1. The van der Waals surface area contributed by atoms with Crippen molar-refractivity contribution in [3.8, 4) is 0 Å². The second-order valence-corrected chi connectivity index (χ2v) is 5.90. The van der Waals surface area contributed by atoms with Crippen LogP contribution in [0.2, 0.25) is 0 Å². The second-order valence-electron chi connectivity index (χ2n) is 2.49. The van der Waals surface area contributed by atoms with E-state index in [-0.39, 0.29) is 8.17 Å². The van der Waals surface area contributed by atoms with Crippen LogP contribution in [0, 0.1) is 3.57 Å². The molecule has 0 amide bonds. The molecule has 15 heavy (non-hydrogen) atoms. The topological polar surface area (TPSA) is 73.1 Å². The molecule has 4 nitrogen and oxygen atoms in total. The molecule has 1 rings (SSSR count). The molecule has 0 fully saturated rings. The number of halogens is 4. The first-order chi connectivity index (χ1) is 6.75. The Morgan fingerprint density at radius 3 is 2.40 bits per heavy atom. The van der Waals surface area contributed by atoms with Gasteiger partial charge < -0.3 is 0 Å². The maximum Gasteiger partial charge on any atom is 0.266 e. The zero-order valence-corrected chi connectivity index (χ0v) is 11.5. The van der Waals surface area contributed by atoms with E-state index in [9.17, 15) is 17.2 Å². The minimum absolute atomic E-state index is 0.0508. The van der Waals surface area contributed by atoms with Gasteiger partial charge in [0.1, 0.15) is 9.50 Å². The number of alkyl halides is 2. The Kier molecular flexibility index (Phi) is 4.01. The first kappa shape index (κ1) is 13.2. The lowest BCUT2D eigenvalue weighted by Gasteiger charge is -2.09. The van der Waals surface area contributed by atoms with Crippen molar-refractivity contribution in [2.45, 2.75) is 11.3 Å². The van der Waals surface area contributed by atoms with Gasteiger partial charge in [-0.3, -0.25) is 0 Å². The average Bonchev–Trinajstić information content (AvgIpc) is 2.05. The van der Waals surface area contributed by atoms with Crippen LogP contribution in [-0.4, -0.2) is 13.4 Å². The molecule has 0 radical (unpaired) electrons. The van der Waals surface area contributed by atoms with Crippen molar-refractivity contribution in [2.24, 2.45) is 5.14 Å². The van der Waals surface area contributed by atoms with Gasteiger partial charge in [0.05, 0.1) is 5.56 Å². The Morgan fingerprint density at radius 1 is 1.53 bits per heavy atom. The quantitative estimate of drug-likeness (QED) is 0.596. The summed E-state index contributed by atoms with van der Waals surface area (Å²) in [4.78, 5) is 2.94. The van der Waals surface area contributed by atoms with Crippen molar-refractivity contribution in [3.05, 3.63) is 19.9 Å². The third-order valence-corrected chi connectivity index (χ3v) is 4.19. The number of nitrogens with zero attached hydrogens (tertiary/aromatic N) is 1. The van der Waals surface area contributed by atoms with E-state index in [4.69, 9.17) is 5.14 Å². The molecule has 0 aliphatic carbocycles. The van der Waals surface area contributed by atoms with Gasteiger partial charge in [0.15, 0.2) is 0 Å². The minimum atomic E-state index is -4.23. The van der Waals surface area contributed by atoms with E-state index in [2.05, 4.69) is 20.9 Å². The number of primary sulfonamides is 1. The first-order valence-corrected chi connectivity index (χ1v) is 6.81. The SMILES string of the molecule is NS(=O)(=O)c1c(Br)ncc(I)c1C(F)F. The van der Waals surface area contributed by atoms with Crippen molar-refractivity contribution in [2.75, 3.05) is 0 Å². The molecule has 1 aromatic rings. The molecule has 2 N–H and O–H groups in total. The Balaban J connectivity index is 3.68. The maximum atomic E-state index is 12.6. The Bertz CT molecular complexity index is 494. The summed E-state index contributed by atoms with van der Waals surface area (Å²) in [6.07, 6.45) is -1.79. The van der Waals surface area contributed by atoms with Crippen molar-refractivity contribution < 1.29 is 17.2 Å². The highest BCUT2D eigenvalue weighted by Gasteiger charge is 2.27. The van der Waals surface area contributed by atoms with Crippen molar-refractivity contribution >= 4 is 48.5 Å². The molecule has 9 heteroatoms. The highest BCUT2D eigenvalue weighted by molar-refractivity contribution is 14.1. The minimum Gasteiger partial charge on any atom is -0.247 e. The summed E-state index contributed by atoms with van der Waals surface area (Å²) in [5.41, 5.74) is -0.625. The van der Waals surface area contributed by atoms with Crippen LogP contribution < -0.4 is 5.14 Å². The summed E-state index contributed by atoms with van der Waals surface area (Å²) in [5.74, 6) is 0. The summed E-state index contributed by atoms with van der Waals surface area (Å²) in [6.45, 7) is 0. The molecule has 0 spiro atoms. The van der Waals surface area contributed by atoms with Crippen LogP contribution in [0.25, 0.3) is 0 Å². The summed E-state index contributed by atoms with van der Waals surface area (Å²) in [7, 11) is -4.23. The Hall–Kier alpha value is 0.130. The standard InChI is InChI=1S/C6H4BrF2IN2O2S/c7-5-4(15(11,13)14)3(6(8)9)2(10)1-12-5/h1,6H,(H2,11,13,14). The van der Waals surface area contributed by atoms with Gasteiger partial charge in [-0.2, -0.15) is 0 Å². The predicted octanol–water partition coefficient (Wildman–Crippen LogP) is 2.03. The van der Waals surface area contributed by atoms with E-state index in [1.165, 1.54) is 0 Å². The number of aromatic nitrogens is 1. The molecule has 0 aromatic carbocycles. The van der Waals surface area contributed by atoms with Crippen LogP contribution in [0.5, 0.6) is 0 Å². The Morgan fingerprint density at radius 2 is 2.07 bits per heavy atom. The molecule has 1 heterocycles. The van der Waals surface area contributed by atoms with E-state index in [1.807, 2.05) is 0 Å². The first-order valence-electron chi connectivity index (χ1n) is 3.40. The number of rotatable bonds is 2. The normalized spacial score (nSPS) is 12.1. The van der Waals surface area contributed by atoms with E-state index in [1.54, 1.807) is 22.6 Å². The molecule has 0 aliphatic rings. The maximum absolute atomic E-state index is 12.6. The third kappa shape index (κ3) is 2.82. The van der Waals surface area contributed by atoms with E-state index in [0.29, 0.717) is 0 Å². The molecule has 0 unspecified atom stereocenters. The fraction of sp³-hybridized carbons (Fsp3) is 0.167. The molecule has 1 aromatic heterocycles. The molecule has 0 bridgehead atoms. The van der Waals surface area contributed by atoms with Crippen LogP contribution in [0.3, 0.4) is 0 Å². The molecular weight excluding hydrogens is 409 g/mol. The van der Waals surface area contributed by atoms with Crippen LogP contribution >= 0.6 is 38.5 Å². The fourth-order valence-corrected chi connectivity index (χ4v) is 3.55. The van der Waals surface area contributed by atoms with Gasteiger partial charge in [-0.1, -0.05) is 0 Å². The third-order valence-electron chi connectivity index (χ3n) is 1.48. The number of sulfonamides is 1. The smallest absolute Gasteiger partial charge is 0.247 e. The van der Waals surface area contributed by atoms with Gasteiger partial charge >= 0.3 is 0 Å². The van der Waals surface area contributed by atoms with Gasteiger partial charge in [0.2, 0.25) is 10.0 Å². The molecular formula is C6H4BrF2IN2O2S. The van der Waals surface area contributed by atoms with E-state index >= 15 is 0 Å². The van der Waals surface area contributed by atoms with Gasteiger partial charge in [0, 0.05) is 9.77 Å². The summed E-state index contributed by atoms with van der Waals surface area (Å²) in [6, 6.07) is 0. The molecule has 84 valence electrons. The highest BCUT2D eigenvalue weighted by atomic mass is 127. The lowest BCUT2D eigenvalue weighted by atomic mass is 10.3. The van der Waals surface area contributed by atoms with E-state index in [0.717, 1.165) is 6.20 Å². The van der Waals surface area contributed by atoms with Gasteiger partial charge in [-0.05, 0) is 38.5 Å². The predicted molar refractivity (Wildman–Crippen MR) is 61.0 cm³/mol.